The Balaban J connectivity index is 0. The summed E-state index contributed by atoms with van der Waals surface area (Å²) >= 11 is 0. The molecule has 0 heterocycles. The average Bonchev–Trinajstić information content (AvgIpc) is 2.49. The highest BCUT2D eigenvalue weighted by Gasteiger charge is 2.35. The molecule has 8 nitrogen and oxygen atoms in total. The van der Waals surface area contributed by atoms with E-state index in [2.05, 4.69) is 6.92 Å². The van der Waals surface area contributed by atoms with E-state index in [1.807, 2.05) is 0 Å². The Labute approximate surface area is 124 Å². The van der Waals surface area contributed by atoms with Crippen molar-refractivity contribution in [2.45, 2.75) is 57.5 Å². The predicted molar refractivity (Wildman–Crippen MR) is 75.4 cm³/mol. The van der Waals surface area contributed by atoms with Crippen molar-refractivity contribution in [2.24, 2.45) is 5.73 Å². The molecule has 8 heteroatoms. The van der Waals surface area contributed by atoms with Crippen LogP contribution in [0, 0.1) is 0 Å². The molecule has 0 bridgehead atoms. The van der Waals surface area contributed by atoms with E-state index < -0.39 is 42.6 Å². The summed E-state index contributed by atoms with van der Waals surface area (Å²) in [6.07, 6.45) is -3.99. The summed E-state index contributed by atoms with van der Waals surface area (Å²) in [5.41, 5.74) is 5.21. The van der Waals surface area contributed by atoms with Crippen LogP contribution in [0.25, 0.3) is 0 Å². The topological polar surface area (TPSA) is 161 Å². The van der Waals surface area contributed by atoms with Crippen LogP contribution in [-0.4, -0.2) is 74.7 Å². The second kappa shape index (κ2) is 12.8. The molecular weight excluding hydrogens is 282 g/mol. The lowest BCUT2D eigenvalue weighted by molar-refractivity contribution is -0.153. The molecule has 21 heavy (non-hydrogen) atoms. The van der Waals surface area contributed by atoms with Gasteiger partial charge in [0.25, 0.3) is 0 Å². The fourth-order valence-electron chi connectivity index (χ4n) is 1.28. The number of nitrogens with two attached hydrogens (primary N) is 1. The van der Waals surface area contributed by atoms with Crippen LogP contribution in [0.5, 0.6) is 0 Å². The van der Waals surface area contributed by atoms with E-state index >= 15 is 0 Å². The van der Waals surface area contributed by atoms with E-state index in [4.69, 9.17) is 31.3 Å². The first kappa shape index (κ1) is 22.4. The third kappa shape index (κ3) is 9.62. The Hall–Kier alpha value is -0.900. The zero-order valence-electron chi connectivity index (χ0n) is 12.5. The Kier molecular flexibility index (Phi) is 13.7. The van der Waals surface area contributed by atoms with Gasteiger partial charge in [-0.15, -0.1) is 0 Å². The smallest absolute Gasteiger partial charge is 0.229 e. The van der Waals surface area contributed by atoms with Crippen LogP contribution < -0.4 is 5.73 Å². The number of aliphatic hydroxyl groups is 5. The lowest BCUT2D eigenvalue weighted by atomic mass is 9.99. The van der Waals surface area contributed by atoms with Gasteiger partial charge in [0.1, 0.15) is 24.4 Å². The second-order valence-corrected chi connectivity index (χ2v) is 4.59. The third-order valence-corrected chi connectivity index (χ3v) is 2.68. The van der Waals surface area contributed by atoms with Crippen LogP contribution in [0.4, 0.5) is 0 Å². The summed E-state index contributed by atoms with van der Waals surface area (Å²) in [5.74, 6) is -2.25. The van der Waals surface area contributed by atoms with Crippen molar-refractivity contribution < 1.29 is 35.1 Å². The first-order chi connectivity index (χ1) is 9.74. The highest BCUT2D eigenvalue weighted by molar-refractivity contribution is 6.38. The molecule has 0 spiro atoms. The number of hydrogen-bond donors (Lipinski definition) is 6. The molecule has 0 aromatic rings. The molecule has 0 aliphatic carbocycles. The number of ketones is 2. The minimum Gasteiger partial charge on any atom is -0.394 e. The van der Waals surface area contributed by atoms with E-state index in [1.54, 1.807) is 0 Å². The highest BCUT2D eigenvalue weighted by Crippen LogP contribution is 2.06. The minimum atomic E-state index is -2.11. The summed E-state index contributed by atoms with van der Waals surface area (Å²) in [4.78, 5) is 21.4. The lowest BCUT2D eigenvalue weighted by Gasteiger charge is -2.24. The molecule has 0 saturated heterocycles. The molecule has 4 atom stereocenters. The minimum absolute atomic E-state index is 0.848. The Morgan fingerprint density at radius 3 is 1.86 bits per heavy atom. The Morgan fingerprint density at radius 1 is 1.05 bits per heavy atom. The molecule has 0 aromatic carbocycles. The average molecular weight is 309 g/mol. The van der Waals surface area contributed by atoms with Gasteiger partial charge in [-0.05, 0) is 13.0 Å². The number of Topliss-reactive ketones (excluding diaryl/α,β-unsaturated/α-hetero) is 2. The standard InChI is InChI=1S/C8H14O7.C5H13N/c1-3(10)5(12)7(14)8(15)6(13)4(11)2-9;1-2-3-4-5-6/h4,6-9,11,13-15H,2H2,1H3;2-6H2,1H3. The van der Waals surface area contributed by atoms with Gasteiger partial charge in [0.15, 0.2) is 5.78 Å². The summed E-state index contributed by atoms with van der Waals surface area (Å²) < 4.78 is 0. The maximum atomic E-state index is 10.9. The lowest BCUT2D eigenvalue weighted by Crippen LogP contribution is -2.49. The van der Waals surface area contributed by atoms with Gasteiger partial charge in [-0.2, -0.15) is 0 Å². The van der Waals surface area contributed by atoms with Crippen LogP contribution in [0.2, 0.25) is 0 Å². The number of carbonyl (C=O) groups is 2. The van der Waals surface area contributed by atoms with Gasteiger partial charge in [0.05, 0.1) is 6.61 Å². The van der Waals surface area contributed by atoms with Gasteiger partial charge in [-0.1, -0.05) is 19.8 Å². The van der Waals surface area contributed by atoms with Crippen molar-refractivity contribution in [2.75, 3.05) is 13.2 Å². The van der Waals surface area contributed by atoms with E-state index in [1.165, 1.54) is 19.3 Å². The molecular formula is C13H27NO7. The zero-order valence-corrected chi connectivity index (χ0v) is 12.5. The summed E-state index contributed by atoms with van der Waals surface area (Å²) in [5, 5.41) is 44.7. The molecule has 0 aliphatic rings. The SMILES string of the molecule is CC(=O)C(=O)C(O)C(O)C(O)C(O)CO.CCCCCN. The quantitative estimate of drug-likeness (QED) is 0.205. The van der Waals surface area contributed by atoms with Crippen molar-refractivity contribution in [1.29, 1.82) is 0 Å². The third-order valence-electron chi connectivity index (χ3n) is 2.68. The van der Waals surface area contributed by atoms with Crippen molar-refractivity contribution >= 4 is 11.6 Å². The second-order valence-electron chi connectivity index (χ2n) is 4.59. The Bertz CT molecular complexity index is 294. The molecule has 0 aliphatic heterocycles. The van der Waals surface area contributed by atoms with E-state index in [0.717, 1.165) is 13.5 Å². The molecule has 0 rings (SSSR count). The van der Waals surface area contributed by atoms with Crippen LogP contribution >= 0.6 is 0 Å². The van der Waals surface area contributed by atoms with Crippen molar-refractivity contribution in [1.82, 2.24) is 0 Å². The monoisotopic (exact) mass is 309 g/mol. The van der Waals surface area contributed by atoms with Gasteiger partial charge in [-0.25, -0.2) is 0 Å². The number of carbonyl (C=O) groups excluding carboxylic acids is 2. The number of aliphatic hydroxyl groups excluding tert-OH is 5. The number of hydrogen-bond acceptors (Lipinski definition) is 8. The maximum Gasteiger partial charge on any atom is 0.229 e. The normalized spacial score (nSPS) is 16.2. The highest BCUT2D eigenvalue weighted by atomic mass is 16.4. The van der Waals surface area contributed by atoms with E-state index in [9.17, 15) is 9.59 Å². The van der Waals surface area contributed by atoms with Crippen molar-refractivity contribution in [3.8, 4) is 0 Å². The summed E-state index contributed by atoms with van der Waals surface area (Å²) in [6, 6.07) is 0. The zero-order chi connectivity index (χ0) is 17.0. The molecule has 0 amide bonds. The van der Waals surface area contributed by atoms with Crippen molar-refractivity contribution in [3.63, 3.8) is 0 Å². The fraction of sp³-hybridized carbons (Fsp3) is 0.846. The molecule has 4 unspecified atom stereocenters. The first-order valence-corrected chi connectivity index (χ1v) is 6.82. The summed E-state index contributed by atoms with van der Waals surface area (Å²) in [7, 11) is 0. The van der Waals surface area contributed by atoms with Crippen molar-refractivity contribution in [3.05, 3.63) is 0 Å². The van der Waals surface area contributed by atoms with E-state index in [-0.39, 0.29) is 0 Å². The molecule has 126 valence electrons. The molecule has 7 N–H and O–H groups in total. The molecule has 0 fully saturated rings. The van der Waals surface area contributed by atoms with E-state index in [0.29, 0.717) is 0 Å². The predicted octanol–water partition coefficient (Wildman–Crippen LogP) is -2.28. The molecule has 0 saturated carbocycles. The number of rotatable bonds is 9. The van der Waals surface area contributed by atoms with Gasteiger partial charge in [0, 0.05) is 6.92 Å². The van der Waals surface area contributed by atoms with Crippen LogP contribution in [-0.2, 0) is 9.59 Å². The molecule has 0 aromatic heterocycles. The maximum absolute atomic E-state index is 10.9. The van der Waals surface area contributed by atoms with Crippen LogP contribution in [0.3, 0.4) is 0 Å². The van der Waals surface area contributed by atoms with Crippen LogP contribution in [0.15, 0.2) is 0 Å². The number of unbranched alkanes of at least 4 members (excludes halogenated alkanes) is 2. The largest absolute Gasteiger partial charge is 0.394 e. The Morgan fingerprint density at radius 2 is 1.57 bits per heavy atom. The van der Waals surface area contributed by atoms with Crippen LogP contribution in [0.1, 0.15) is 33.1 Å². The van der Waals surface area contributed by atoms with Gasteiger partial charge in [-0.3, -0.25) is 9.59 Å². The molecule has 0 radical (unpaired) electrons. The first-order valence-electron chi connectivity index (χ1n) is 6.82. The van der Waals surface area contributed by atoms with Gasteiger partial charge in [0.2, 0.25) is 5.78 Å². The fourth-order valence-corrected chi connectivity index (χ4v) is 1.28. The summed E-state index contributed by atoms with van der Waals surface area (Å²) in [6.45, 7) is 3.08. The van der Waals surface area contributed by atoms with Gasteiger partial charge >= 0.3 is 0 Å². The van der Waals surface area contributed by atoms with Gasteiger partial charge < -0.3 is 31.3 Å².